The van der Waals surface area contributed by atoms with Crippen molar-refractivity contribution < 1.29 is 0 Å². The van der Waals surface area contributed by atoms with Crippen molar-refractivity contribution in [1.82, 2.24) is 0 Å². The molecular weight excluding hydrogens is 190 g/mol. The molecule has 1 aromatic rings. The molecule has 0 fully saturated rings. The Balaban J connectivity index is 3.17. The lowest BCUT2D eigenvalue weighted by Crippen LogP contribution is -1.93. The van der Waals surface area contributed by atoms with Gasteiger partial charge in [0.2, 0.25) is 0 Å². The summed E-state index contributed by atoms with van der Waals surface area (Å²) in [6, 6.07) is 0. The highest BCUT2D eigenvalue weighted by atomic mass is 35.5. The van der Waals surface area contributed by atoms with Crippen LogP contribution >= 0.6 is 22.9 Å². The molecule has 0 amide bonds. The molecule has 0 aliphatic heterocycles. The summed E-state index contributed by atoms with van der Waals surface area (Å²) in [5.41, 5.74) is 1.97. The number of aliphatic imine (C=N–C) groups is 1. The first-order valence-electron chi connectivity index (χ1n) is 3.56. The first-order chi connectivity index (χ1) is 5.66. The van der Waals surface area contributed by atoms with E-state index in [1.54, 1.807) is 11.3 Å². The minimum Gasteiger partial charge on any atom is -0.262 e. The van der Waals surface area contributed by atoms with Gasteiger partial charge in [-0.05, 0) is 13.8 Å². The number of rotatable bonds is 2. The second kappa shape index (κ2) is 3.87. The second-order valence-electron chi connectivity index (χ2n) is 2.41. The maximum Gasteiger partial charge on any atom is 0.0606 e. The van der Waals surface area contributed by atoms with E-state index in [-0.39, 0.29) is 0 Å². The van der Waals surface area contributed by atoms with Crippen LogP contribution in [0.1, 0.15) is 17.4 Å². The lowest BCUT2D eigenvalue weighted by atomic mass is 10.2. The number of thiophene rings is 1. The van der Waals surface area contributed by atoms with Gasteiger partial charge in [-0.2, -0.15) is 0 Å². The van der Waals surface area contributed by atoms with Gasteiger partial charge in [0.1, 0.15) is 0 Å². The third-order valence-corrected chi connectivity index (χ3v) is 2.92. The molecule has 0 aromatic carbocycles. The van der Waals surface area contributed by atoms with Crippen LogP contribution < -0.4 is 0 Å². The Morgan fingerprint density at radius 2 is 2.42 bits per heavy atom. The Hall–Kier alpha value is -0.600. The lowest BCUT2D eigenvalue weighted by molar-refractivity contribution is 1.49. The zero-order valence-electron chi connectivity index (χ0n) is 7.10. The van der Waals surface area contributed by atoms with Crippen LogP contribution in [0.3, 0.4) is 0 Å². The average molecular weight is 200 g/mol. The SMILES string of the molecule is C=CN=C(C)c1c(Cl)csc1C. The smallest absolute Gasteiger partial charge is 0.0606 e. The first-order valence-corrected chi connectivity index (χ1v) is 4.82. The number of halogens is 1. The van der Waals surface area contributed by atoms with Gasteiger partial charge in [0.05, 0.1) is 5.02 Å². The van der Waals surface area contributed by atoms with Crippen molar-refractivity contribution in [3.8, 4) is 0 Å². The van der Waals surface area contributed by atoms with Crippen molar-refractivity contribution >= 4 is 28.6 Å². The van der Waals surface area contributed by atoms with Crippen LogP contribution in [0.2, 0.25) is 5.02 Å². The fourth-order valence-electron chi connectivity index (χ4n) is 1.06. The molecule has 0 aliphatic carbocycles. The third-order valence-electron chi connectivity index (χ3n) is 1.58. The number of hydrogen-bond acceptors (Lipinski definition) is 2. The molecule has 3 heteroatoms. The maximum absolute atomic E-state index is 5.97. The molecule has 0 saturated carbocycles. The van der Waals surface area contributed by atoms with Crippen LogP contribution in [0.25, 0.3) is 0 Å². The summed E-state index contributed by atoms with van der Waals surface area (Å²) in [5, 5.41) is 2.70. The molecule has 0 radical (unpaired) electrons. The van der Waals surface area contributed by atoms with E-state index in [1.807, 2.05) is 19.2 Å². The quantitative estimate of drug-likeness (QED) is 0.645. The van der Waals surface area contributed by atoms with E-state index in [0.717, 1.165) is 16.3 Å². The van der Waals surface area contributed by atoms with Crippen LogP contribution in [-0.4, -0.2) is 5.71 Å². The van der Waals surface area contributed by atoms with Crippen molar-refractivity contribution in [1.29, 1.82) is 0 Å². The van der Waals surface area contributed by atoms with Crippen molar-refractivity contribution in [3.63, 3.8) is 0 Å². The van der Waals surface area contributed by atoms with Gasteiger partial charge in [-0.3, -0.25) is 4.99 Å². The molecule has 1 rings (SSSR count). The Morgan fingerprint density at radius 1 is 1.75 bits per heavy atom. The highest BCUT2D eigenvalue weighted by Crippen LogP contribution is 2.26. The van der Waals surface area contributed by atoms with Crippen molar-refractivity contribution in [2.75, 3.05) is 0 Å². The van der Waals surface area contributed by atoms with Crippen LogP contribution in [0.15, 0.2) is 23.2 Å². The van der Waals surface area contributed by atoms with Crippen LogP contribution in [-0.2, 0) is 0 Å². The molecule has 0 atom stereocenters. The van der Waals surface area contributed by atoms with E-state index in [2.05, 4.69) is 11.6 Å². The molecule has 0 unspecified atom stereocenters. The second-order valence-corrected chi connectivity index (χ2v) is 3.90. The molecule has 0 aliphatic rings. The molecular formula is C9H10ClNS. The first kappa shape index (κ1) is 9.49. The van der Waals surface area contributed by atoms with Gasteiger partial charge >= 0.3 is 0 Å². The molecule has 1 heterocycles. The average Bonchev–Trinajstić information content (AvgIpc) is 2.32. The summed E-state index contributed by atoms with van der Waals surface area (Å²) in [5.74, 6) is 0. The zero-order valence-corrected chi connectivity index (χ0v) is 8.67. The minimum absolute atomic E-state index is 0.778. The lowest BCUT2D eigenvalue weighted by Gasteiger charge is -1.97. The predicted molar refractivity (Wildman–Crippen MR) is 56.5 cm³/mol. The largest absolute Gasteiger partial charge is 0.262 e. The van der Waals surface area contributed by atoms with Crippen LogP contribution in [0.4, 0.5) is 0 Å². The highest BCUT2D eigenvalue weighted by molar-refractivity contribution is 7.10. The molecule has 64 valence electrons. The summed E-state index contributed by atoms with van der Waals surface area (Å²) in [7, 11) is 0. The summed E-state index contributed by atoms with van der Waals surface area (Å²) in [6.45, 7) is 7.51. The highest BCUT2D eigenvalue weighted by Gasteiger charge is 2.08. The van der Waals surface area contributed by atoms with Crippen molar-refractivity contribution in [2.45, 2.75) is 13.8 Å². The topological polar surface area (TPSA) is 12.4 Å². The Bertz CT molecular complexity index is 306. The predicted octanol–water partition coefficient (Wildman–Crippen LogP) is 3.66. The monoisotopic (exact) mass is 199 g/mol. The standard InChI is InChI=1S/C9H10ClNS/c1-4-11-6(2)9-7(3)12-5-8(9)10/h4-5H,1H2,2-3H3. The van der Waals surface area contributed by atoms with Gasteiger partial charge < -0.3 is 0 Å². The Kier molecular flexibility index (Phi) is 3.06. The number of nitrogens with zero attached hydrogens (tertiary/aromatic N) is 1. The fraction of sp³-hybridized carbons (Fsp3) is 0.222. The molecule has 1 nitrogen and oxygen atoms in total. The van der Waals surface area contributed by atoms with E-state index in [4.69, 9.17) is 11.6 Å². The van der Waals surface area contributed by atoms with Gasteiger partial charge in [-0.15, -0.1) is 11.3 Å². The maximum atomic E-state index is 5.97. The minimum atomic E-state index is 0.778. The molecule has 0 spiro atoms. The van der Waals surface area contributed by atoms with Crippen molar-refractivity contribution in [2.24, 2.45) is 4.99 Å². The molecule has 0 N–H and O–H groups in total. The van der Waals surface area contributed by atoms with E-state index >= 15 is 0 Å². The Morgan fingerprint density at radius 3 is 2.83 bits per heavy atom. The fourth-order valence-corrected chi connectivity index (χ4v) is 2.30. The molecule has 12 heavy (non-hydrogen) atoms. The number of hydrogen-bond donors (Lipinski definition) is 0. The van der Waals surface area contributed by atoms with Gasteiger partial charge in [-0.25, -0.2) is 0 Å². The summed E-state index contributed by atoms with van der Waals surface area (Å²) >= 11 is 7.61. The Labute approximate surface area is 81.4 Å². The van der Waals surface area contributed by atoms with Crippen LogP contribution in [0, 0.1) is 6.92 Å². The molecule has 1 aromatic heterocycles. The zero-order chi connectivity index (χ0) is 9.14. The summed E-state index contributed by atoms with van der Waals surface area (Å²) in [4.78, 5) is 5.29. The normalized spacial score (nSPS) is 11.8. The van der Waals surface area contributed by atoms with Crippen molar-refractivity contribution in [3.05, 3.63) is 33.6 Å². The summed E-state index contributed by atoms with van der Waals surface area (Å²) in [6.07, 6.45) is 1.53. The van der Waals surface area contributed by atoms with Gasteiger partial charge in [0.25, 0.3) is 0 Å². The third kappa shape index (κ3) is 1.76. The summed E-state index contributed by atoms with van der Waals surface area (Å²) < 4.78 is 0. The number of aryl methyl sites for hydroxylation is 1. The van der Waals surface area contributed by atoms with E-state index in [9.17, 15) is 0 Å². The van der Waals surface area contributed by atoms with Gasteiger partial charge in [0.15, 0.2) is 0 Å². The van der Waals surface area contributed by atoms with Gasteiger partial charge in [-0.1, -0.05) is 18.2 Å². The van der Waals surface area contributed by atoms with E-state index < -0.39 is 0 Å². The van der Waals surface area contributed by atoms with E-state index in [1.165, 1.54) is 11.1 Å². The van der Waals surface area contributed by atoms with Crippen LogP contribution in [0.5, 0.6) is 0 Å². The van der Waals surface area contributed by atoms with E-state index in [0.29, 0.717) is 0 Å². The van der Waals surface area contributed by atoms with Gasteiger partial charge in [0, 0.05) is 27.7 Å². The molecule has 0 saturated heterocycles. The molecule has 0 bridgehead atoms.